The van der Waals surface area contributed by atoms with Crippen molar-refractivity contribution in [3.05, 3.63) is 17.0 Å². The van der Waals surface area contributed by atoms with Gasteiger partial charge in [-0.1, -0.05) is 13.8 Å². The summed E-state index contributed by atoms with van der Waals surface area (Å²) in [7, 11) is 2.00. The zero-order chi connectivity index (χ0) is 18.8. The molecule has 1 aromatic rings. The molecule has 0 aliphatic heterocycles. The van der Waals surface area contributed by atoms with E-state index < -0.39 is 0 Å². The van der Waals surface area contributed by atoms with Crippen molar-refractivity contribution in [1.29, 1.82) is 0 Å². The van der Waals surface area contributed by atoms with Crippen molar-refractivity contribution < 1.29 is 4.74 Å². The first kappa shape index (κ1) is 21.5. The number of hydrogen-bond donors (Lipinski definition) is 2. The first-order valence-corrected chi connectivity index (χ1v) is 9.46. The van der Waals surface area contributed by atoms with Gasteiger partial charge in [0, 0.05) is 45.1 Å². The lowest BCUT2D eigenvalue weighted by molar-refractivity contribution is 0.109. The number of aryl methyl sites for hydroxylation is 2. The molecule has 6 heteroatoms. The summed E-state index contributed by atoms with van der Waals surface area (Å²) in [5.41, 5.74) is 3.66. The van der Waals surface area contributed by atoms with Crippen molar-refractivity contribution in [2.24, 2.45) is 18.0 Å². The summed E-state index contributed by atoms with van der Waals surface area (Å²) < 4.78 is 7.56. The lowest BCUT2D eigenvalue weighted by atomic mass is 10.1. The number of ether oxygens (including phenoxy) is 1. The molecule has 144 valence electrons. The zero-order valence-corrected chi connectivity index (χ0v) is 17.1. The summed E-state index contributed by atoms with van der Waals surface area (Å²) in [4.78, 5) is 4.66. The smallest absolute Gasteiger partial charge is 0.191 e. The molecule has 0 fully saturated rings. The SMILES string of the molecule is CCNC(=NCCCOCC(C)C)NC(C)Cc1c(C)nn(C)c1C. The van der Waals surface area contributed by atoms with Gasteiger partial charge >= 0.3 is 0 Å². The van der Waals surface area contributed by atoms with Crippen LogP contribution in [0.5, 0.6) is 0 Å². The predicted octanol–water partition coefficient (Wildman–Crippen LogP) is 2.59. The Morgan fingerprint density at radius 2 is 2.00 bits per heavy atom. The maximum absolute atomic E-state index is 5.61. The summed E-state index contributed by atoms with van der Waals surface area (Å²) in [6, 6.07) is 0.289. The summed E-state index contributed by atoms with van der Waals surface area (Å²) >= 11 is 0. The molecule has 2 N–H and O–H groups in total. The van der Waals surface area contributed by atoms with E-state index in [1.54, 1.807) is 0 Å². The Bertz CT molecular complexity index is 536. The Kier molecular flexibility index (Phi) is 9.57. The van der Waals surface area contributed by atoms with E-state index in [4.69, 9.17) is 4.74 Å². The minimum atomic E-state index is 0.289. The molecule has 0 aliphatic carbocycles. The number of rotatable bonds is 10. The van der Waals surface area contributed by atoms with Gasteiger partial charge in [-0.3, -0.25) is 9.67 Å². The number of hydrogen-bond acceptors (Lipinski definition) is 3. The molecule has 0 saturated heterocycles. The Morgan fingerprint density at radius 3 is 2.56 bits per heavy atom. The van der Waals surface area contributed by atoms with E-state index in [1.165, 1.54) is 11.3 Å². The van der Waals surface area contributed by atoms with Crippen molar-refractivity contribution in [2.75, 3.05) is 26.3 Å². The van der Waals surface area contributed by atoms with Crippen molar-refractivity contribution in [3.63, 3.8) is 0 Å². The van der Waals surface area contributed by atoms with Crippen LogP contribution < -0.4 is 10.6 Å². The molecular formula is C19H37N5O. The predicted molar refractivity (Wildman–Crippen MR) is 105 cm³/mol. The Hall–Kier alpha value is -1.56. The highest BCUT2D eigenvalue weighted by molar-refractivity contribution is 5.80. The van der Waals surface area contributed by atoms with E-state index in [0.717, 1.165) is 50.8 Å². The fraction of sp³-hybridized carbons (Fsp3) is 0.789. The monoisotopic (exact) mass is 351 g/mol. The molecule has 6 nitrogen and oxygen atoms in total. The minimum absolute atomic E-state index is 0.289. The summed E-state index contributed by atoms with van der Waals surface area (Å²) in [5, 5.41) is 11.3. The van der Waals surface area contributed by atoms with E-state index >= 15 is 0 Å². The molecule has 1 unspecified atom stereocenters. The van der Waals surface area contributed by atoms with Crippen LogP contribution in [0.1, 0.15) is 51.1 Å². The third kappa shape index (κ3) is 7.90. The standard InChI is InChI=1S/C19H37N5O/c1-8-20-19(21-10-9-11-25-13-14(2)3)22-15(4)12-18-16(5)23-24(7)17(18)6/h14-15H,8-13H2,1-7H3,(H2,20,21,22). The van der Waals surface area contributed by atoms with Gasteiger partial charge < -0.3 is 15.4 Å². The number of nitrogens with one attached hydrogen (secondary N) is 2. The van der Waals surface area contributed by atoms with Crippen LogP contribution in [0.3, 0.4) is 0 Å². The van der Waals surface area contributed by atoms with Crippen LogP contribution in [0, 0.1) is 19.8 Å². The molecular weight excluding hydrogens is 314 g/mol. The van der Waals surface area contributed by atoms with Gasteiger partial charge in [-0.25, -0.2) is 0 Å². The minimum Gasteiger partial charge on any atom is -0.381 e. The van der Waals surface area contributed by atoms with Gasteiger partial charge in [-0.2, -0.15) is 5.10 Å². The van der Waals surface area contributed by atoms with E-state index in [1.807, 2.05) is 11.7 Å². The number of guanidine groups is 1. The molecule has 1 aromatic heterocycles. The molecule has 0 aromatic carbocycles. The topological polar surface area (TPSA) is 63.5 Å². The molecule has 1 atom stereocenters. The second kappa shape index (κ2) is 11.1. The van der Waals surface area contributed by atoms with Crippen LogP contribution in [0.25, 0.3) is 0 Å². The highest BCUT2D eigenvalue weighted by Gasteiger charge is 2.13. The van der Waals surface area contributed by atoms with E-state index in [-0.39, 0.29) is 6.04 Å². The molecule has 0 bridgehead atoms. The van der Waals surface area contributed by atoms with Gasteiger partial charge in [-0.05, 0) is 52.0 Å². The average molecular weight is 352 g/mol. The summed E-state index contributed by atoms with van der Waals surface area (Å²) in [5.74, 6) is 1.46. The maximum Gasteiger partial charge on any atom is 0.191 e. The molecule has 0 spiro atoms. The van der Waals surface area contributed by atoms with Crippen LogP contribution >= 0.6 is 0 Å². The van der Waals surface area contributed by atoms with E-state index in [0.29, 0.717) is 5.92 Å². The number of aromatic nitrogens is 2. The number of aliphatic imine (C=N–C) groups is 1. The zero-order valence-electron chi connectivity index (χ0n) is 17.1. The fourth-order valence-electron chi connectivity index (χ4n) is 2.70. The summed E-state index contributed by atoms with van der Waals surface area (Å²) in [6.07, 6.45) is 1.88. The Labute approximate surface area is 153 Å². The van der Waals surface area contributed by atoms with Crippen LogP contribution in [-0.4, -0.2) is 48.1 Å². The first-order valence-electron chi connectivity index (χ1n) is 9.46. The lowest BCUT2D eigenvalue weighted by Gasteiger charge is -2.18. The molecule has 0 amide bonds. The average Bonchev–Trinajstić information content (AvgIpc) is 2.77. The maximum atomic E-state index is 5.61. The summed E-state index contributed by atoms with van der Waals surface area (Å²) in [6.45, 7) is 16.0. The van der Waals surface area contributed by atoms with Crippen LogP contribution in [0.2, 0.25) is 0 Å². The quantitative estimate of drug-likeness (QED) is 0.386. The van der Waals surface area contributed by atoms with Gasteiger partial charge in [0.15, 0.2) is 5.96 Å². The van der Waals surface area contributed by atoms with Gasteiger partial charge in [0.25, 0.3) is 0 Å². The highest BCUT2D eigenvalue weighted by Crippen LogP contribution is 2.14. The van der Waals surface area contributed by atoms with Gasteiger partial charge in [0.05, 0.1) is 5.69 Å². The molecule has 0 saturated carbocycles. The second-order valence-corrected chi connectivity index (χ2v) is 7.11. The van der Waals surface area contributed by atoms with Crippen molar-refractivity contribution >= 4 is 5.96 Å². The fourth-order valence-corrected chi connectivity index (χ4v) is 2.70. The van der Waals surface area contributed by atoms with Crippen molar-refractivity contribution in [2.45, 2.75) is 60.4 Å². The van der Waals surface area contributed by atoms with E-state index in [2.05, 4.69) is 62.3 Å². The van der Waals surface area contributed by atoms with Gasteiger partial charge in [-0.15, -0.1) is 0 Å². The van der Waals surface area contributed by atoms with Crippen LogP contribution in [0.4, 0.5) is 0 Å². The molecule has 1 rings (SSSR count). The second-order valence-electron chi connectivity index (χ2n) is 7.11. The van der Waals surface area contributed by atoms with Crippen molar-refractivity contribution in [1.82, 2.24) is 20.4 Å². The third-order valence-corrected chi connectivity index (χ3v) is 4.06. The molecule has 0 radical (unpaired) electrons. The normalized spacial score (nSPS) is 13.4. The Morgan fingerprint density at radius 1 is 1.28 bits per heavy atom. The first-order chi connectivity index (χ1) is 11.8. The highest BCUT2D eigenvalue weighted by atomic mass is 16.5. The van der Waals surface area contributed by atoms with E-state index in [9.17, 15) is 0 Å². The molecule has 0 aliphatic rings. The van der Waals surface area contributed by atoms with Crippen LogP contribution in [-0.2, 0) is 18.2 Å². The van der Waals surface area contributed by atoms with Crippen LogP contribution in [0.15, 0.2) is 4.99 Å². The largest absolute Gasteiger partial charge is 0.381 e. The van der Waals surface area contributed by atoms with Crippen molar-refractivity contribution in [3.8, 4) is 0 Å². The molecule has 25 heavy (non-hydrogen) atoms. The Balaban J connectivity index is 2.48. The number of nitrogens with zero attached hydrogens (tertiary/aromatic N) is 3. The molecule has 1 heterocycles. The van der Waals surface area contributed by atoms with Gasteiger partial charge in [0.1, 0.15) is 0 Å². The van der Waals surface area contributed by atoms with Gasteiger partial charge in [0.2, 0.25) is 0 Å². The lowest BCUT2D eigenvalue weighted by Crippen LogP contribution is -2.43. The third-order valence-electron chi connectivity index (χ3n) is 4.06.